The second-order valence-electron chi connectivity index (χ2n) is 3.29. The van der Waals surface area contributed by atoms with Crippen molar-refractivity contribution < 1.29 is 35.1 Å². The average Bonchev–Trinajstić information content (AvgIpc) is 2.20. The molecule has 6 N–H and O–H groups in total. The van der Waals surface area contributed by atoms with E-state index in [4.69, 9.17) is 10.8 Å². The normalized spacial score (nSPS) is 44.1. The molecule has 5 atom stereocenters. The van der Waals surface area contributed by atoms with E-state index in [2.05, 4.69) is 9.57 Å². The zero-order valence-electron chi connectivity index (χ0n) is 7.96. The van der Waals surface area contributed by atoms with Crippen LogP contribution in [0.15, 0.2) is 0 Å². The highest BCUT2D eigenvalue weighted by atomic mass is 17.0. The van der Waals surface area contributed by atoms with Crippen molar-refractivity contribution in [1.29, 1.82) is 0 Å². The van der Waals surface area contributed by atoms with Crippen molar-refractivity contribution in [3.05, 3.63) is 10.1 Å². The van der Waals surface area contributed by atoms with Crippen LogP contribution < -0.4 is 5.73 Å². The zero-order valence-corrected chi connectivity index (χ0v) is 7.96. The van der Waals surface area contributed by atoms with Crippen molar-refractivity contribution in [2.24, 2.45) is 5.73 Å². The third-order valence-electron chi connectivity index (χ3n) is 2.23. The Kier molecular flexibility index (Phi) is 3.62. The lowest BCUT2D eigenvalue weighted by molar-refractivity contribution is -0.819. The molecule has 0 aliphatic carbocycles. The molecule has 0 aromatic carbocycles. The van der Waals surface area contributed by atoms with Gasteiger partial charge in [0.15, 0.2) is 0 Å². The smallest absolute Gasteiger partial charge is 0.341 e. The minimum Gasteiger partial charge on any atom is -0.394 e. The number of hydrogen-bond donors (Lipinski definition) is 5. The second-order valence-corrected chi connectivity index (χ2v) is 3.29. The summed E-state index contributed by atoms with van der Waals surface area (Å²) in [6.45, 7) is -0.783. The lowest BCUT2D eigenvalue weighted by atomic mass is 9.96. The van der Waals surface area contributed by atoms with E-state index in [1.165, 1.54) is 0 Å². The molecule has 1 rings (SSSR count). The van der Waals surface area contributed by atoms with Crippen LogP contribution in [-0.4, -0.2) is 62.4 Å². The van der Waals surface area contributed by atoms with Crippen LogP contribution in [0.25, 0.3) is 0 Å². The number of nitrogens with zero attached hydrogens (tertiary/aromatic N) is 1. The first-order valence-electron chi connectivity index (χ1n) is 4.28. The van der Waals surface area contributed by atoms with Crippen molar-refractivity contribution in [1.82, 2.24) is 0 Å². The van der Waals surface area contributed by atoms with E-state index in [-0.39, 0.29) is 0 Å². The first-order valence-corrected chi connectivity index (χ1v) is 4.28. The van der Waals surface area contributed by atoms with Gasteiger partial charge in [-0.05, 0) is 0 Å². The molecule has 10 nitrogen and oxygen atoms in total. The van der Waals surface area contributed by atoms with Gasteiger partial charge in [-0.15, -0.1) is 10.1 Å². The molecular weight excluding hydrogens is 228 g/mol. The lowest BCUT2D eigenvalue weighted by Gasteiger charge is -2.43. The first kappa shape index (κ1) is 13.0. The van der Waals surface area contributed by atoms with Gasteiger partial charge < -0.3 is 30.9 Å². The van der Waals surface area contributed by atoms with Gasteiger partial charge in [0, 0.05) is 0 Å². The summed E-state index contributed by atoms with van der Waals surface area (Å²) < 4.78 is 4.54. The predicted molar refractivity (Wildman–Crippen MR) is 45.0 cm³/mol. The molecule has 1 aliphatic rings. The van der Waals surface area contributed by atoms with Crippen molar-refractivity contribution in [2.45, 2.75) is 30.3 Å². The minimum absolute atomic E-state index is 0.783. The van der Waals surface area contributed by atoms with Gasteiger partial charge in [-0.2, -0.15) is 0 Å². The van der Waals surface area contributed by atoms with Gasteiger partial charge in [-0.1, -0.05) is 0 Å². The lowest BCUT2D eigenvalue weighted by Crippen LogP contribution is -2.69. The topological polar surface area (TPSA) is 169 Å². The first-order chi connectivity index (χ1) is 7.31. The van der Waals surface area contributed by atoms with E-state index in [9.17, 15) is 25.4 Å². The Balaban J connectivity index is 2.89. The molecule has 0 radical (unpaired) electrons. The highest BCUT2D eigenvalue weighted by molar-refractivity contribution is 4.94. The summed E-state index contributed by atoms with van der Waals surface area (Å²) in [5.74, 6) is -2.91. The fourth-order valence-electron chi connectivity index (χ4n) is 1.35. The molecule has 0 saturated carbocycles. The summed E-state index contributed by atoms with van der Waals surface area (Å²) in [6.07, 6.45) is -4.77. The molecule has 0 amide bonds. The fraction of sp³-hybridized carbons (Fsp3) is 1.00. The number of hydrogen-bond acceptors (Lipinski definition) is 9. The van der Waals surface area contributed by atoms with E-state index >= 15 is 0 Å². The zero-order chi connectivity index (χ0) is 12.5. The third-order valence-corrected chi connectivity index (χ3v) is 2.23. The van der Waals surface area contributed by atoms with E-state index in [0.29, 0.717) is 0 Å². The molecule has 0 aromatic rings. The van der Waals surface area contributed by atoms with Crippen molar-refractivity contribution >= 4 is 0 Å². The molecule has 0 aromatic heterocycles. The van der Waals surface area contributed by atoms with Crippen molar-refractivity contribution in [2.75, 3.05) is 6.61 Å². The Bertz CT molecular complexity index is 273. The van der Waals surface area contributed by atoms with Crippen LogP contribution in [0.2, 0.25) is 0 Å². The number of aliphatic hydroxyl groups is 4. The van der Waals surface area contributed by atoms with Crippen molar-refractivity contribution in [3.63, 3.8) is 0 Å². The van der Waals surface area contributed by atoms with Gasteiger partial charge >= 0.3 is 5.97 Å². The number of nitrogens with two attached hydrogens (primary N) is 1. The van der Waals surface area contributed by atoms with Gasteiger partial charge in [0.1, 0.15) is 24.4 Å². The molecule has 0 spiro atoms. The van der Waals surface area contributed by atoms with Crippen molar-refractivity contribution in [3.8, 4) is 0 Å². The van der Waals surface area contributed by atoms with Crippen LogP contribution in [0.4, 0.5) is 0 Å². The summed E-state index contributed by atoms with van der Waals surface area (Å²) in [5.41, 5.74) is 5.22. The molecular formula is C6H12N2O8. The van der Waals surface area contributed by atoms with Crippen LogP contribution in [0.3, 0.4) is 0 Å². The molecule has 1 heterocycles. The largest absolute Gasteiger partial charge is 0.394 e. The summed E-state index contributed by atoms with van der Waals surface area (Å²) in [5, 5.41) is 45.7. The summed E-state index contributed by atoms with van der Waals surface area (Å²) in [4.78, 5) is 13.9. The average molecular weight is 240 g/mol. The molecule has 16 heavy (non-hydrogen) atoms. The molecule has 1 aliphatic heterocycles. The Morgan fingerprint density at radius 1 is 1.50 bits per heavy atom. The third kappa shape index (κ3) is 2.21. The quantitative estimate of drug-likeness (QED) is 0.189. The minimum atomic E-state index is -2.91. The van der Waals surface area contributed by atoms with E-state index in [1.807, 2.05) is 0 Å². The molecule has 1 fully saturated rings. The molecule has 0 unspecified atom stereocenters. The standard InChI is InChI=1S/C6H12N2O8/c7-5-4(11)3(10)2(1-9)15-6(5,12)16-8(13)14/h2-5,9-12H,1,7H2/t2-,3-,4+,5-,6-/m1/s1. The molecule has 1 saturated heterocycles. The van der Waals surface area contributed by atoms with Gasteiger partial charge in [0.2, 0.25) is 0 Å². The Hall–Kier alpha value is -1.04. The van der Waals surface area contributed by atoms with E-state index < -0.39 is 42.0 Å². The molecule has 94 valence electrons. The van der Waals surface area contributed by atoms with E-state index in [1.54, 1.807) is 0 Å². The number of aliphatic hydroxyl groups excluding tert-OH is 3. The van der Waals surface area contributed by atoms with Gasteiger partial charge in [0.25, 0.3) is 5.09 Å². The SMILES string of the molecule is N[C@@H]1[C@@H](O)[C@H](O)[C@@H](CO)O[C@@]1(O)O[N+](=O)[O-]. The Morgan fingerprint density at radius 3 is 2.50 bits per heavy atom. The highest BCUT2D eigenvalue weighted by Crippen LogP contribution is 2.27. The molecule has 10 heteroatoms. The summed E-state index contributed by atoms with van der Waals surface area (Å²) in [6, 6.07) is -1.75. The van der Waals surface area contributed by atoms with E-state index in [0.717, 1.165) is 0 Å². The maximum absolute atomic E-state index is 10.1. The Labute approximate surface area is 88.9 Å². The fourth-order valence-corrected chi connectivity index (χ4v) is 1.35. The van der Waals surface area contributed by atoms with Crippen LogP contribution in [0, 0.1) is 10.1 Å². The maximum atomic E-state index is 10.1. The summed E-state index contributed by atoms with van der Waals surface area (Å²) >= 11 is 0. The van der Waals surface area contributed by atoms with Crippen LogP contribution in [0.1, 0.15) is 0 Å². The van der Waals surface area contributed by atoms with Crippen LogP contribution >= 0.6 is 0 Å². The van der Waals surface area contributed by atoms with Crippen LogP contribution in [0.5, 0.6) is 0 Å². The maximum Gasteiger partial charge on any atom is 0.341 e. The van der Waals surface area contributed by atoms with Crippen LogP contribution in [-0.2, 0) is 9.57 Å². The highest BCUT2D eigenvalue weighted by Gasteiger charge is 2.54. The second kappa shape index (κ2) is 4.45. The Morgan fingerprint density at radius 2 is 2.06 bits per heavy atom. The monoisotopic (exact) mass is 240 g/mol. The van der Waals surface area contributed by atoms with Gasteiger partial charge in [-0.25, -0.2) is 4.84 Å². The number of rotatable bonds is 3. The molecule has 0 bridgehead atoms. The van der Waals surface area contributed by atoms with Gasteiger partial charge in [-0.3, -0.25) is 0 Å². The number of ether oxygens (including phenoxy) is 1. The van der Waals surface area contributed by atoms with Gasteiger partial charge in [0.05, 0.1) is 6.61 Å². The summed E-state index contributed by atoms with van der Waals surface area (Å²) in [7, 11) is 0. The predicted octanol–water partition coefficient (Wildman–Crippen LogP) is -3.72.